The summed E-state index contributed by atoms with van der Waals surface area (Å²) in [6.07, 6.45) is 2.50. The van der Waals surface area contributed by atoms with Crippen LogP contribution < -0.4 is 4.90 Å². The number of halogens is 1. The van der Waals surface area contributed by atoms with E-state index in [-0.39, 0.29) is 0 Å². The van der Waals surface area contributed by atoms with Gasteiger partial charge in [0, 0.05) is 18.1 Å². The van der Waals surface area contributed by atoms with Gasteiger partial charge in [-0.2, -0.15) is 4.98 Å². The van der Waals surface area contributed by atoms with Crippen LogP contribution in [0.5, 0.6) is 0 Å². The SMILES string of the molecule is C[C@H]1CCCN(c2nc3cc(Cl)ccc3o2)C1. The third kappa shape index (κ3) is 2.12. The summed E-state index contributed by atoms with van der Waals surface area (Å²) in [5.74, 6) is 0.711. The van der Waals surface area contributed by atoms with Gasteiger partial charge in [0.25, 0.3) is 6.01 Å². The van der Waals surface area contributed by atoms with Crippen molar-refractivity contribution in [2.75, 3.05) is 18.0 Å². The Labute approximate surface area is 105 Å². The second-order valence-corrected chi connectivity index (χ2v) is 5.24. The first-order valence-electron chi connectivity index (χ1n) is 6.03. The van der Waals surface area contributed by atoms with E-state index in [1.807, 2.05) is 18.2 Å². The van der Waals surface area contributed by atoms with Crippen molar-refractivity contribution in [2.24, 2.45) is 5.92 Å². The largest absolute Gasteiger partial charge is 0.423 e. The van der Waals surface area contributed by atoms with Gasteiger partial charge < -0.3 is 9.32 Å². The minimum absolute atomic E-state index is 0.698. The fourth-order valence-electron chi connectivity index (χ4n) is 2.39. The van der Waals surface area contributed by atoms with Crippen molar-refractivity contribution in [2.45, 2.75) is 19.8 Å². The van der Waals surface area contributed by atoms with E-state index in [2.05, 4.69) is 16.8 Å². The summed E-state index contributed by atoms with van der Waals surface area (Å²) in [5, 5.41) is 0.698. The molecule has 0 aliphatic carbocycles. The van der Waals surface area contributed by atoms with Crippen molar-refractivity contribution in [3.8, 4) is 0 Å². The highest BCUT2D eigenvalue weighted by Gasteiger charge is 2.20. The summed E-state index contributed by atoms with van der Waals surface area (Å²) in [7, 11) is 0. The quantitative estimate of drug-likeness (QED) is 0.773. The second-order valence-electron chi connectivity index (χ2n) is 4.80. The number of hydrogen-bond donors (Lipinski definition) is 0. The molecule has 0 saturated carbocycles. The summed E-state index contributed by atoms with van der Waals surface area (Å²) in [5.41, 5.74) is 1.65. The Morgan fingerprint density at radius 1 is 1.47 bits per heavy atom. The molecule has 1 aliphatic rings. The molecule has 0 amide bonds. The van der Waals surface area contributed by atoms with Crippen molar-refractivity contribution in [1.29, 1.82) is 0 Å². The van der Waals surface area contributed by atoms with Crippen LogP contribution in [0.2, 0.25) is 5.02 Å². The molecule has 0 bridgehead atoms. The minimum atomic E-state index is 0.698. The summed E-state index contributed by atoms with van der Waals surface area (Å²) >= 11 is 5.94. The van der Waals surface area contributed by atoms with E-state index < -0.39 is 0 Å². The van der Waals surface area contributed by atoms with Crippen molar-refractivity contribution < 1.29 is 4.42 Å². The first-order chi connectivity index (χ1) is 8.22. The average Bonchev–Trinajstić information content (AvgIpc) is 2.72. The average molecular weight is 251 g/mol. The third-order valence-electron chi connectivity index (χ3n) is 3.27. The predicted octanol–water partition coefficient (Wildman–Crippen LogP) is 3.72. The van der Waals surface area contributed by atoms with Gasteiger partial charge in [-0.15, -0.1) is 0 Å². The van der Waals surface area contributed by atoms with Crippen molar-refractivity contribution >= 4 is 28.7 Å². The van der Waals surface area contributed by atoms with Gasteiger partial charge in [0.2, 0.25) is 0 Å². The van der Waals surface area contributed by atoms with E-state index in [4.69, 9.17) is 16.0 Å². The second kappa shape index (κ2) is 4.22. The Morgan fingerprint density at radius 3 is 3.18 bits per heavy atom. The van der Waals surface area contributed by atoms with E-state index in [1.165, 1.54) is 12.8 Å². The maximum atomic E-state index is 5.94. The van der Waals surface area contributed by atoms with Gasteiger partial charge in [0.05, 0.1) is 0 Å². The molecule has 2 heterocycles. The molecular formula is C13H15ClN2O. The molecule has 17 heavy (non-hydrogen) atoms. The molecule has 1 aliphatic heterocycles. The first kappa shape index (κ1) is 10.9. The van der Waals surface area contributed by atoms with Gasteiger partial charge in [0.1, 0.15) is 5.52 Å². The number of aromatic nitrogens is 1. The van der Waals surface area contributed by atoms with Crippen LogP contribution in [0, 0.1) is 5.92 Å². The molecule has 0 radical (unpaired) electrons. The molecule has 2 aromatic rings. The summed E-state index contributed by atoms with van der Waals surface area (Å²) in [4.78, 5) is 6.73. The van der Waals surface area contributed by atoms with Crippen molar-refractivity contribution in [3.63, 3.8) is 0 Å². The molecule has 0 unspecified atom stereocenters. The standard InChI is InChI=1S/C13H15ClN2O/c1-9-3-2-6-16(8-9)13-15-11-7-10(14)4-5-12(11)17-13/h4-5,7,9H,2-3,6,8H2,1H3/t9-/m0/s1. The molecule has 1 atom stereocenters. The van der Waals surface area contributed by atoms with E-state index >= 15 is 0 Å². The third-order valence-corrected chi connectivity index (χ3v) is 3.50. The Balaban J connectivity index is 1.94. The monoisotopic (exact) mass is 250 g/mol. The topological polar surface area (TPSA) is 29.3 Å². The van der Waals surface area contributed by atoms with Crippen LogP contribution in [0.25, 0.3) is 11.1 Å². The predicted molar refractivity (Wildman–Crippen MR) is 69.6 cm³/mol. The Hall–Kier alpha value is -1.22. The fraction of sp³-hybridized carbons (Fsp3) is 0.462. The number of hydrogen-bond acceptors (Lipinski definition) is 3. The van der Waals surface area contributed by atoms with Crippen molar-refractivity contribution in [3.05, 3.63) is 23.2 Å². The molecule has 0 N–H and O–H groups in total. The maximum Gasteiger partial charge on any atom is 0.298 e. The van der Waals surface area contributed by atoms with Crippen molar-refractivity contribution in [1.82, 2.24) is 4.98 Å². The molecule has 1 saturated heterocycles. The molecule has 3 nitrogen and oxygen atoms in total. The van der Waals surface area contributed by atoms with Crippen LogP contribution in [0.3, 0.4) is 0 Å². The number of anilines is 1. The lowest BCUT2D eigenvalue weighted by Gasteiger charge is -2.29. The van der Waals surface area contributed by atoms with Crippen LogP contribution in [0.15, 0.2) is 22.6 Å². The van der Waals surface area contributed by atoms with Crippen LogP contribution in [-0.2, 0) is 0 Å². The number of oxazole rings is 1. The van der Waals surface area contributed by atoms with Gasteiger partial charge in [-0.05, 0) is 37.0 Å². The lowest BCUT2D eigenvalue weighted by molar-refractivity contribution is 0.421. The molecule has 1 aromatic heterocycles. The zero-order chi connectivity index (χ0) is 11.8. The number of benzene rings is 1. The summed E-state index contributed by atoms with van der Waals surface area (Å²) < 4.78 is 5.77. The minimum Gasteiger partial charge on any atom is -0.423 e. The highest BCUT2D eigenvalue weighted by atomic mass is 35.5. The highest BCUT2D eigenvalue weighted by molar-refractivity contribution is 6.31. The summed E-state index contributed by atoms with van der Waals surface area (Å²) in [6, 6.07) is 6.28. The fourth-order valence-corrected chi connectivity index (χ4v) is 2.55. The highest BCUT2D eigenvalue weighted by Crippen LogP contribution is 2.27. The first-order valence-corrected chi connectivity index (χ1v) is 6.41. The van der Waals surface area contributed by atoms with Gasteiger partial charge >= 0.3 is 0 Å². The molecule has 1 fully saturated rings. The van der Waals surface area contributed by atoms with Crippen LogP contribution in [0.4, 0.5) is 6.01 Å². The lowest BCUT2D eigenvalue weighted by atomic mass is 10.0. The van der Waals surface area contributed by atoms with Gasteiger partial charge in [-0.25, -0.2) is 0 Å². The number of piperidine rings is 1. The summed E-state index contributed by atoms with van der Waals surface area (Å²) in [6.45, 7) is 4.33. The van der Waals surface area contributed by atoms with E-state index in [0.717, 1.165) is 30.2 Å². The van der Waals surface area contributed by atoms with Gasteiger partial charge in [-0.3, -0.25) is 0 Å². The van der Waals surface area contributed by atoms with Crippen LogP contribution in [-0.4, -0.2) is 18.1 Å². The maximum absolute atomic E-state index is 5.94. The van der Waals surface area contributed by atoms with Gasteiger partial charge in [-0.1, -0.05) is 18.5 Å². The molecular weight excluding hydrogens is 236 g/mol. The normalized spacial score (nSPS) is 21.1. The smallest absolute Gasteiger partial charge is 0.298 e. The van der Waals surface area contributed by atoms with Crippen LogP contribution >= 0.6 is 11.6 Å². The van der Waals surface area contributed by atoms with Crippen LogP contribution in [0.1, 0.15) is 19.8 Å². The van der Waals surface area contributed by atoms with E-state index in [0.29, 0.717) is 10.9 Å². The van der Waals surface area contributed by atoms with Gasteiger partial charge in [0.15, 0.2) is 5.58 Å². The lowest BCUT2D eigenvalue weighted by Crippen LogP contribution is -2.34. The molecule has 1 aromatic carbocycles. The Kier molecular flexibility index (Phi) is 2.71. The Morgan fingerprint density at radius 2 is 2.35 bits per heavy atom. The zero-order valence-corrected chi connectivity index (χ0v) is 10.6. The number of fused-ring (bicyclic) bond motifs is 1. The number of rotatable bonds is 1. The zero-order valence-electron chi connectivity index (χ0n) is 9.82. The molecule has 0 spiro atoms. The molecule has 4 heteroatoms. The number of nitrogens with zero attached hydrogens (tertiary/aromatic N) is 2. The van der Waals surface area contributed by atoms with E-state index in [1.54, 1.807) is 0 Å². The molecule has 3 rings (SSSR count). The Bertz CT molecular complexity index is 537. The van der Waals surface area contributed by atoms with E-state index in [9.17, 15) is 0 Å². The molecule has 90 valence electrons.